The van der Waals surface area contributed by atoms with Crippen LogP contribution < -0.4 is 60.6 Å². The average Bonchev–Trinajstić information content (AvgIpc) is 3.21. The van der Waals surface area contributed by atoms with E-state index in [1.54, 1.807) is 56.3 Å². The highest BCUT2D eigenvalue weighted by atomic mass is 16.4. The summed E-state index contributed by atoms with van der Waals surface area (Å²) >= 11 is 0. The van der Waals surface area contributed by atoms with Gasteiger partial charge in [0.1, 0.15) is 42.0 Å². The summed E-state index contributed by atoms with van der Waals surface area (Å²) in [6.07, 6.45) is -1.90. The van der Waals surface area contributed by atoms with E-state index >= 15 is 0 Å². The molecule has 0 unspecified atom stereocenters. The molecule has 0 aromatic heterocycles. The maximum atomic E-state index is 13.7. The molecular formula is C41H59N11O12. The molecule has 64 heavy (non-hydrogen) atoms. The van der Waals surface area contributed by atoms with Crippen LogP contribution in [0.15, 0.2) is 54.6 Å². The van der Waals surface area contributed by atoms with Gasteiger partial charge in [0, 0.05) is 6.42 Å². The summed E-state index contributed by atoms with van der Waals surface area (Å²) in [5.41, 5.74) is 28.8. The minimum atomic E-state index is -1.91. The number of rotatable bonds is 28. The molecule has 2 aromatic rings. The van der Waals surface area contributed by atoms with E-state index in [1.165, 1.54) is 12.1 Å². The molecule has 2 aromatic carbocycles. The number of hydrogen-bond acceptors (Lipinski definition) is 13. The van der Waals surface area contributed by atoms with Gasteiger partial charge in [0.2, 0.25) is 53.2 Å². The van der Waals surface area contributed by atoms with E-state index in [2.05, 4.69) is 31.9 Å². The number of aliphatic carboxylic acids is 1. The number of carboxylic acids is 1. The zero-order chi connectivity index (χ0) is 48.1. The molecule has 0 heterocycles. The number of phenols is 1. The minimum Gasteiger partial charge on any atom is -0.508 e. The number of nitrogens with one attached hydrogen (secondary N) is 6. The van der Waals surface area contributed by atoms with Gasteiger partial charge in [0.15, 0.2) is 0 Å². The van der Waals surface area contributed by atoms with Crippen LogP contribution >= 0.6 is 0 Å². The predicted octanol–water partition coefficient (Wildman–Crippen LogP) is -4.09. The SMILES string of the molecule is CC(C)[C@H](NC(=O)[C@@H](N)Cc1ccc(O)cc1)C(=O)N[C@@H](CC(N)=O)C(=O)N[C@@H](CC(N)=O)C(=O)N[C@@H](CC(N)=O)C(=O)N[C@@H](Cc1ccccc1)C(=O)N[C@@H](CCCCN)C(=O)O. The summed E-state index contributed by atoms with van der Waals surface area (Å²) < 4.78 is 0. The number of carboxylic acid groups (broad SMARTS) is 1. The number of aromatic hydroxyl groups is 1. The molecular weight excluding hydrogens is 839 g/mol. The first-order valence-corrected chi connectivity index (χ1v) is 20.3. The van der Waals surface area contributed by atoms with Crippen LogP contribution in [0, 0.1) is 5.92 Å². The maximum Gasteiger partial charge on any atom is 0.326 e. The van der Waals surface area contributed by atoms with Crippen LogP contribution in [0.4, 0.5) is 0 Å². The van der Waals surface area contributed by atoms with Crippen molar-refractivity contribution in [2.45, 2.75) is 108 Å². The van der Waals surface area contributed by atoms with E-state index in [4.69, 9.17) is 28.7 Å². The molecule has 0 radical (unpaired) electrons. The van der Waals surface area contributed by atoms with Crippen molar-refractivity contribution in [2.24, 2.45) is 34.6 Å². The van der Waals surface area contributed by atoms with Crippen LogP contribution in [0.3, 0.4) is 0 Å². The third-order valence-electron chi connectivity index (χ3n) is 9.57. The van der Waals surface area contributed by atoms with Crippen molar-refractivity contribution in [1.29, 1.82) is 0 Å². The largest absolute Gasteiger partial charge is 0.508 e. The van der Waals surface area contributed by atoms with Crippen molar-refractivity contribution in [2.75, 3.05) is 6.54 Å². The number of hydrogen-bond donors (Lipinski definition) is 13. The molecule has 2 rings (SSSR count). The fraction of sp³-hybridized carbons (Fsp3) is 0.463. The lowest BCUT2D eigenvalue weighted by atomic mass is 10.0. The fourth-order valence-corrected chi connectivity index (χ4v) is 6.17. The van der Waals surface area contributed by atoms with Crippen LogP contribution in [0.2, 0.25) is 0 Å². The highest BCUT2D eigenvalue weighted by Crippen LogP contribution is 2.12. The Hall–Kier alpha value is -7.14. The maximum absolute atomic E-state index is 13.7. The second kappa shape index (κ2) is 26.4. The Bertz CT molecular complexity index is 1970. The van der Waals surface area contributed by atoms with Crippen molar-refractivity contribution in [3.05, 3.63) is 65.7 Å². The van der Waals surface area contributed by atoms with Crippen LogP contribution in [-0.4, -0.2) is 118 Å². The predicted molar refractivity (Wildman–Crippen MR) is 228 cm³/mol. The van der Waals surface area contributed by atoms with Gasteiger partial charge in [0.25, 0.3) is 0 Å². The topological polar surface area (TPSA) is 413 Å². The van der Waals surface area contributed by atoms with E-state index in [0.717, 1.165) is 0 Å². The molecule has 350 valence electrons. The number of carbonyl (C=O) groups is 10. The summed E-state index contributed by atoms with van der Waals surface area (Å²) in [5, 5.41) is 33.3. The monoisotopic (exact) mass is 897 g/mol. The molecule has 23 heteroatoms. The normalized spacial score (nSPS) is 14.2. The molecule has 23 nitrogen and oxygen atoms in total. The van der Waals surface area contributed by atoms with Gasteiger partial charge in [-0.2, -0.15) is 0 Å². The molecule has 0 spiro atoms. The van der Waals surface area contributed by atoms with Gasteiger partial charge >= 0.3 is 5.97 Å². The van der Waals surface area contributed by atoms with Gasteiger partial charge in [0.05, 0.1) is 25.3 Å². The molecule has 0 fully saturated rings. The van der Waals surface area contributed by atoms with Gasteiger partial charge in [-0.15, -0.1) is 0 Å². The first-order valence-electron chi connectivity index (χ1n) is 20.3. The van der Waals surface area contributed by atoms with Gasteiger partial charge in [-0.1, -0.05) is 56.3 Å². The van der Waals surface area contributed by atoms with Crippen LogP contribution in [-0.2, 0) is 60.8 Å². The first-order chi connectivity index (χ1) is 30.1. The Kier molecular flexibility index (Phi) is 21.8. The minimum absolute atomic E-state index is 0.000290. The van der Waals surface area contributed by atoms with Gasteiger partial charge < -0.3 is 70.8 Å². The van der Waals surface area contributed by atoms with Gasteiger partial charge in [-0.05, 0) is 61.4 Å². The second-order valence-electron chi connectivity index (χ2n) is 15.3. The first kappa shape index (κ1) is 53.0. The summed E-state index contributed by atoms with van der Waals surface area (Å²) in [6.45, 7) is 3.42. The lowest BCUT2D eigenvalue weighted by molar-refractivity contribution is -0.142. The molecule has 0 bridgehead atoms. The molecule has 9 amide bonds. The number of primary amides is 3. The van der Waals surface area contributed by atoms with Crippen molar-refractivity contribution >= 4 is 59.1 Å². The summed E-state index contributed by atoms with van der Waals surface area (Å²) in [4.78, 5) is 129. The van der Waals surface area contributed by atoms with Crippen molar-refractivity contribution in [3.63, 3.8) is 0 Å². The third-order valence-corrected chi connectivity index (χ3v) is 9.57. The lowest BCUT2D eigenvalue weighted by Crippen LogP contribution is -2.61. The summed E-state index contributed by atoms with van der Waals surface area (Å²) in [5.74, 6) is -11.6. The zero-order valence-electron chi connectivity index (χ0n) is 35.5. The Balaban J connectivity index is 2.32. The fourth-order valence-electron chi connectivity index (χ4n) is 6.17. The number of unbranched alkanes of at least 4 members (excludes halogenated alkanes) is 1. The standard InChI is InChI=1S/C41H59N11O12/c1-21(2)34(52-35(57)25(43)16-23-11-13-24(53)14-12-23)40(62)51-30(20-33(46)56)39(61)50-29(19-32(45)55)38(60)49-28(18-31(44)54)37(59)48-27(17-22-8-4-3-5-9-22)36(58)47-26(41(63)64)10-6-7-15-42/h3-5,8-9,11-14,21,25-30,34,53H,6-7,10,15-20,42-43H2,1-2H3,(H2,44,54)(H2,45,55)(H2,46,56)(H,47,58)(H,48,59)(H,49,60)(H,50,61)(H,51,62)(H,52,57)(H,63,64)/t25-,26-,27-,28-,29-,30-,34-/m0/s1. The average molecular weight is 898 g/mol. The summed E-state index contributed by atoms with van der Waals surface area (Å²) in [6, 6.07) is 3.33. The van der Waals surface area contributed by atoms with Crippen molar-refractivity contribution in [3.8, 4) is 5.75 Å². The number of carbonyl (C=O) groups excluding carboxylic acids is 9. The second-order valence-corrected chi connectivity index (χ2v) is 15.3. The smallest absolute Gasteiger partial charge is 0.326 e. The lowest BCUT2D eigenvalue weighted by Gasteiger charge is -2.27. The van der Waals surface area contributed by atoms with E-state index in [1.807, 2.05) is 0 Å². The molecule has 0 aliphatic carbocycles. The number of phenolic OH excluding ortho intramolecular Hbond substituents is 1. The summed E-state index contributed by atoms with van der Waals surface area (Å²) in [7, 11) is 0. The van der Waals surface area contributed by atoms with Crippen molar-refractivity contribution < 1.29 is 58.2 Å². The van der Waals surface area contributed by atoms with Crippen LogP contribution in [0.5, 0.6) is 5.75 Å². The number of benzene rings is 2. The van der Waals surface area contributed by atoms with E-state index < -0.39 is 127 Å². The van der Waals surface area contributed by atoms with Crippen LogP contribution in [0.25, 0.3) is 0 Å². The molecule has 0 aliphatic rings. The Labute approximate surface area is 368 Å². The van der Waals surface area contributed by atoms with Gasteiger partial charge in [-0.3, -0.25) is 43.2 Å². The molecule has 0 saturated heterocycles. The van der Waals surface area contributed by atoms with E-state index in [0.29, 0.717) is 24.0 Å². The Morgan fingerprint density at radius 3 is 1.39 bits per heavy atom. The Morgan fingerprint density at radius 1 is 0.531 bits per heavy atom. The Morgan fingerprint density at radius 2 is 0.953 bits per heavy atom. The van der Waals surface area contributed by atoms with Gasteiger partial charge in [-0.25, -0.2) is 4.79 Å². The van der Waals surface area contributed by atoms with E-state index in [9.17, 15) is 58.2 Å². The highest BCUT2D eigenvalue weighted by molar-refractivity contribution is 6.00. The highest BCUT2D eigenvalue weighted by Gasteiger charge is 2.36. The third kappa shape index (κ3) is 18.9. The molecule has 0 saturated carbocycles. The number of nitrogens with two attached hydrogens (primary N) is 5. The number of amides is 9. The molecule has 7 atom stereocenters. The van der Waals surface area contributed by atoms with Crippen molar-refractivity contribution in [1.82, 2.24) is 31.9 Å². The van der Waals surface area contributed by atoms with E-state index in [-0.39, 0.29) is 31.6 Å². The zero-order valence-corrected chi connectivity index (χ0v) is 35.5. The molecule has 18 N–H and O–H groups in total. The molecule has 0 aliphatic heterocycles. The van der Waals surface area contributed by atoms with Crippen LogP contribution in [0.1, 0.15) is 63.5 Å². The quantitative estimate of drug-likeness (QED) is 0.0362.